The Morgan fingerprint density at radius 3 is 2.29 bits per heavy atom. The smallest absolute Gasteiger partial charge is 0.226 e. The van der Waals surface area contributed by atoms with Crippen LogP contribution in [0.5, 0.6) is 11.5 Å². The highest BCUT2D eigenvalue weighted by Gasteiger charge is 2.25. The van der Waals surface area contributed by atoms with Crippen molar-refractivity contribution < 1.29 is 29.6 Å². The van der Waals surface area contributed by atoms with E-state index in [9.17, 15) is 20.1 Å². The Hall–Kier alpha value is -1.83. The number of hydrogen-bond acceptors (Lipinski definition) is 6. The van der Waals surface area contributed by atoms with Crippen LogP contribution >= 0.6 is 0 Å². The summed E-state index contributed by atoms with van der Waals surface area (Å²) in [6, 6.07) is 4.28. The van der Waals surface area contributed by atoms with Crippen LogP contribution in [0.3, 0.4) is 0 Å². The average molecular weight is 341 g/mol. The van der Waals surface area contributed by atoms with Gasteiger partial charge in [0.05, 0.1) is 13.2 Å². The number of phenols is 2. The molecule has 1 aromatic carbocycles. The summed E-state index contributed by atoms with van der Waals surface area (Å²) in [4.78, 5) is 14.4. The number of methoxy groups -OCH3 is 2. The predicted octanol–water partition coefficient (Wildman–Crippen LogP) is 0.760. The molecule has 1 atom stereocenters. The lowest BCUT2D eigenvalue weighted by molar-refractivity contribution is -0.137. The molecule has 0 saturated heterocycles. The molecule has 24 heavy (non-hydrogen) atoms. The fourth-order valence-corrected chi connectivity index (χ4v) is 2.45. The predicted molar refractivity (Wildman–Crippen MR) is 89.0 cm³/mol. The Morgan fingerprint density at radius 2 is 1.79 bits per heavy atom. The van der Waals surface area contributed by atoms with Gasteiger partial charge in [-0.1, -0.05) is 6.07 Å². The van der Waals surface area contributed by atoms with Gasteiger partial charge in [0, 0.05) is 45.9 Å². The van der Waals surface area contributed by atoms with Crippen molar-refractivity contribution in [3.05, 3.63) is 23.8 Å². The molecule has 136 valence electrons. The molecule has 0 saturated carbocycles. The number of aliphatic hydroxyl groups is 1. The number of hydrogen-bond donors (Lipinski definition) is 3. The van der Waals surface area contributed by atoms with Crippen LogP contribution in [0.2, 0.25) is 0 Å². The molecule has 7 nitrogen and oxygen atoms in total. The van der Waals surface area contributed by atoms with Gasteiger partial charge in [0.15, 0.2) is 0 Å². The number of benzene rings is 1. The third kappa shape index (κ3) is 6.35. The maximum absolute atomic E-state index is 12.8. The summed E-state index contributed by atoms with van der Waals surface area (Å²) in [5.41, 5.74) is 0.554. The fraction of sp³-hybridized carbons (Fsp3) is 0.588. The number of rotatable bonds is 11. The van der Waals surface area contributed by atoms with Crippen LogP contribution in [0.1, 0.15) is 12.0 Å². The zero-order valence-corrected chi connectivity index (χ0v) is 14.3. The summed E-state index contributed by atoms with van der Waals surface area (Å²) in [5, 5.41) is 28.6. The quantitative estimate of drug-likeness (QED) is 0.549. The van der Waals surface area contributed by atoms with Gasteiger partial charge in [0.25, 0.3) is 0 Å². The first kappa shape index (κ1) is 20.2. The highest BCUT2D eigenvalue weighted by molar-refractivity contribution is 5.79. The summed E-state index contributed by atoms with van der Waals surface area (Å²) in [6.07, 6.45) is 0.567. The molecular formula is C17H27NO6. The van der Waals surface area contributed by atoms with E-state index in [1.54, 1.807) is 25.2 Å². The number of ether oxygens (including phenoxy) is 2. The highest BCUT2D eigenvalue weighted by atomic mass is 16.5. The Labute approximate surface area is 142 Å². The van der Waals surface area contributed by atoms with Crippen LogP contribution in [0, 0.1) is 5.92 Å². The van der Waals surface area contributed by atoms with E-state index in [1.165, 1.54) is 12.1 Å². The molecular weight excluding hydrogens is 314 g/mol. The number of aliphatic hydroxyl groups excluding tert-OH is 1. The second-order valence-corrected chi connectivity index (χ2v) is 5.54. The number of nitrogens with zero attached hydrogens (tertiary/aromatic N) is 1. The highest BCUT2D eigenvalue weighted by Crippen LogP contribution is 2.26. The van der Waals surface area contributed by atoms with Gasteiger partial charge < -0.3 is 29.7 Å². The second-order valence-electron chi connectivity index (χ2n) is 5.54. The zero-order chi connectivity index (χ0) is 17.9. The monoisotopic (exact) mass is 341 g/mol. The molecule has 1 amide bonds. The Bertz CT molecular complexity index is 500. The first-order chi connectivity index (χ1) is 11.5. The van der Waals surface area contributed by atoms with Crippen molar-refractivity contribution in [3.63, 3.8) is 0 Å². The van der Waals surface area contributed by atoms with Gasteiger partial charge in [-0.15, -0.1) is 0 Å². The number of aromatic hydroxyl groups is 2. The topological polar surface area (TPSA) is 99.5 Å². The van der Waals surface area contributed by atoms with E-state index in [0.29, 0.717) is 31.9 Å². The summed E-state index contributed by atoms with van der Waals surface area (Å²) in [5.74, 6) is -0.695. The van der Waals surface area contributed by atoms with Crippen molar-refractivity contribution in [2.24, 2.45) is 5.92 Å². The number of phenolic OH excluding ortho intramolecular Hbond substituents is 2. The molecule has 0 radical (unpaired) electrons. The minimum atomic E-state index is -0.473. The molecule has 0 aliphatic rings. The van der Waals surface area contributed by atoms with Gasteiger partial charge in [-0.3, -0.25) is 4.79 Å². The van der Waals surface area contributed by atoms with Gasteiger partial charge in [0.1, 0.15) is 11.5 Å². The zero-order valence-electron chi connectivity index (χ0n) is 14.3. The van der Waals surface area contributed by atoms with Crippen LogP contribution in [-0.2, 0) is 20.7 Å². The van der Waals surface area contributed by atoms with E-state index >= 15 is 0 Å². The summed E-state index contributed by atoms with van der Waals surface area (Å²) >= 11 is 0. The van der Waals surface area contributed by atoms with Gasteiger partial charge in [-0.25, -0.2) is 0 Å². The van der Waals surface area contributed by atoms with E-state index in [-0.39, 0.29) is 36.9 Å². The number of carbonyl (C=O) groups is 1. The van der Waals surface area contributed by atoms with Crippen LogP contribution in [0.4, 0.5) is 0 Å². The SMILES string of the molecule is COCCN(CCOC)C(=O)C(CCO)Cc1ccc(O)cc1O. The molecule has 3 N–H and O–H groups in total. The molecule has 1 rings (SSSR count). The van der Waals surface area contributed by atoms with E-state index < -0.39 is 5.92 Å². The minimum absolute atomic E-state index is 0.0388. The summed E-state index contributed by atoms with van der Waals surface area (Å²) < 4.78 is 10.1. The van der Waals surface area contributed by atoms with E-state index in [4.69, 9.17) is 9.47 Å². The fourth-order valence-electron chi connectivity index (χ4n) is 2.45. The van der Waals surface area contributed by atoms with E-state index in [1.807, 2.05) is 0 Å². The molecule has 1 aromatic rings. The molecule has 0 bridgehead atoms. The third-order valence-electron chi connectivity index (χ3n) is 3.80. The van der Waals surface area contributed by atoms with Crippen molar-refractivity contribution in [2.75, 3.05) is 47.1 Å². The molecule has 0 spiro atoms. The molecule has 0 aromatic heterocycles. The molecule has 0 aliphatic carbocycles. The molecule has 1 unspecified atom stereocenters. The second kappa shape index (κ2) is 10.9. The summed E-state index contributed by atoms with van der Waals surface area (Å²) in [6.45, 7) is 1.56. The van der Waals surface area contributed by atoms with E-state index in [0.717, 1.165) is 0 Å². The normalized spacial score (nSPS) is 12.1. The van der Waals surface area contributed by atoms with Crippen LogP contribution in [0.15, 0.2) is 18.2 Å². The maximum Gasteiger partial charge on any atom is 0.226 e. The van der Waals surface area contributed by atoms with Gasteiger partial charge in [-0.05, 0) is 24.5 Å². The Morgan fingerprint density at radius 1 is 1.17 bits per heavy atom. The minimum Gasteiger partial charge on any atom is -0.508 e. The lowest BCUT2D eigenvalue weighted by Gasteiger charge is -2.27. The lowest BCUT2D eigenvalue weighted by Crippen LogP contribution is -2.41. The lowest BCUT2D eigenvalue weighted by atomic mass is 9.94. The van der Waals surface area contributed by atoms with Gasteiger partial charge in [0.2, 0.25) is 5.91 Å². The van der Waals surface area contributed by atoms with E-state index in [2.05, 4.69) is 0 Å². The van der Waals surface area contributed by atoms with Crippen molar-refractivity contribution >= 4 is 5.91 Å². The number of amides is 1. The standard InChI is InChI=1S/C17H27NO6/c1-23-9-6-18(7-10-24-2)17(22)14(5-8-19)11-13-3-4-15(20)12-16(13)21/h3-4,12,14,19-21H,5-11H2,1-2H3. The maximum atomic E-state index is 12.8. The van der Waals surface area contributed by atoms with Crippen LogP contribution in [0.25, 0.3) is 0 Å². The first-order valence-corrected chi connectivity index (χ1v) is 7.91. The number of carbonyl (C=O) groups excluding carboxylic acids is 1. The first-order valence-electron chi connectivity index (χ1n) is 7.91. The van der Waals surface area contributed by atoms with Crippen LogP contribution < -0.4 is 0 Å². The molecule has 0 aliphatic heterocycles. The largest absolute Gasteiger partial charge is 0.508 e. The Kier molecular flexibility index (Phi) is 9.14. The molecule has 0 heterocycles. The van der Waals surface area contributed by atoms with Crippen LogP contribution in [-0.4, -0.2) is 73.3 Å². The van der Waals surface area contributed by atoms with Gasteiger partial charge in [-0.2, -0.15) is 0 Å². The third-order valence-corrected chi connectivity index (χ3v) is 3.80. The molecule has 0 fully saturated rings. The Balaban J connectivity index is 2.87. The molecule has 7 heteroatoms. The summed E-state index contributed by atoms with van der Waals surface area (Å²) in [7, 11) is 3.14. The van der Waals surface area contributed by atoms with Crippen molar-refractivity contribution in [2.45, 2.75) is 12.8 Å². The van der Waals surface area contributed by atoms with Gasteiger partial charge >= 0.3 is 0 Å². The van der Waals surface area contributed by atoms with Crippen molar-refractivity contribution in [1.29, 1.82) is 0 Å². The van der Waals surface area contributed by atoms with Crippen molar-refractivity contribution in [1.82, 2.24) is 4.90 Å². The average Bonchev–Trinajstić information content (AvgIpc) is 2.56. The van der Waals surface area contributed by atoms with Crippen molar-refractivity contribution in [3.8, 4) is 11.5 Å².